The van der Waals surface area contributed by atoms with E-state index in [1.165, 1.54) is 11.8 Å². The van der Waals surface area contributed by atoms with Gasteiger partial charge in [0.25, 0.3) is 0 Å². The van der Waals surface area contributed by atoms with Gasteiger partial charge in [0.15, 0.2) is 0 Å². The van der Waals surface area contributed by atoms with Crippen molar-refractivity contribution in [2.24, 2.45) is 0 Å². The van der Waals surface area contributed by atoms with Gasteiger partial charge in [-0.15, -0.1) is 11.8 Å². The Morgan fingerprint density at radius 3 is 2.38 bits per heavy atom. The van der Waals surface area contributed by atoms with Crippen molar-refractivity contribution in [2.45, 2.75) is 47.6 Å². The third kappa shape index (κ3) is 6.88. The first-order valence-electron chi connectivity index (χ1n) is 10.8. The van der Waals surface area contributed by atoms with Crippen molar-refractivity contribution >= 4 is 39.3 Å². The molecule has 0 saturated carbocycles. The second kappa shape index (κ2) is 11.9. The highest BCUT2D eigenvalue weighted by molar-refractivity contribution is 8.00. The zero-order valence-electron chi connectivity index (χ0n) is 18.1. The van der Waals surface area contributed by atoms with E-state index in [9.17, 15) is 13.2 Å². The molecule has 3 rings (SSSR count). The SMILES string of the molecule is CCC(Sc1ccc(Cl)cc1)C(=O)NCCOc1ccc(S(=O)(=O)N2CCCCC2)cc1. The minimum absolute atomic E-state index is 0.0426. The Kier molecular flexibility index (Phi) is 9.28. The minimum atomic E-state index is -3.44. The summed E-state index contributed by atoms with van der Waals surface area (Å²) in [5, 5.41) is 3.37. The first-order chi connectivity index (χ1) is 15.4. The van der Waals surface area contributed by atoms with E-state index in [4.69, 9.17) is 16.3 Å². The van der Waals surface area contributed by atoms with Gasteiger partial charge in [-0.3, -0.25) is 4.79 Å². The maximum atomic E-state index is 12.7. The van der Waals surface area contributed by atoms with Gasteiger partial charge in [-0.25, -0.2) is 8.42 Å². The molecule has 0 radical (unpaired) electrons. The van der Waals surface area contributed by atoms with Crippen LogP contribution in [0.2, 0.25) is 5.02 Å². The molecular weight excluding hydrogens is 468 g/mol. The Bertz CT molecular complexity index is 976. The summed E-state index contributed by atoms with van der Waals surface area (Å²) in [6.07, 6.45) is 3.59. The molecule has 0 aliphatic carbocycles. The maximum absolute atomic E-state index is 12.7. The molecule has 1 N–H and O–H groups in total. The number of halogens is 1. The van der Waals surface area contributed by atoms with Crippen molar-refractivity contribution < 1.29 is 17.9 Å². The Hall–Kier alpha value is -1.74. The third-order valence-electron chi connectivity index (χ3n) is 5.20. The number of nitrogens with zero attached hydrogens (tertiary/aromatic N) is 1. The van der Waals surface area contributed by atoms with Gasteiger partial charge in [0.1, 0.15) is 12.4 Å². The molecule has 1 aliphatic heterocycles. The lowest BCUT2D eigenvalue weighted by Gasteiger charge is -2.25. The Morgan fingerprint density at radius 2 is 1.75 bits per heavy atom. The molecule has 1 unspecified atom stereocenters. The highest BCUT2D eigenvalue weighted by Gasteiger charge is 2.25. The lowest BCUT2D eigenvalue weighted by atomic mass is 10.2. The number of ether oxygens (including phenoxy) is 1. The van der Waals surface area contributed by atoms with Gasteiger partial charge in [-0.2, -0.15) is 4.31 Å². The highest BCUT2D eigenvalue weighted by Crippen LogP contribution is 2.27. The summed E-state index contributed by atoms with van der Waals surface area (Å²) in [6.45, 7) is 3.80. The number of thioether (sulfide) groups is 1. The Morgan fingerprint density at radius 1 is 1.09 bits per heavy atom. The van der Waals surface area contributed by atoms with Gasteiger partial charge in [0.2, 0.25) is 15.9 Å². The van der Waals surface area contributed by atoms with Crippen LogP contribution in [-0.2, 0) is 14.8 Å². The van der Waals surface area contributed by atoms with Crippen LogP contribution in [0.1, 0.15) is 32.6 Å². The fraction of sp³-hybridized carbons (Fsp3) is 0.435. The number of benzene rings is 2. The maximum Gasteiger partial charge on any atom is 0.243 e. The van der Waals surface area contributed by atoms with E-state index in [2.05, 4.69) is 5.32 Å². The number of sulfonamides is 1. The van der Waals surface area contributed by atoms with E-state index in [0.717, 1.165) is 24.2 Å². The second-order valence-corrected chi connectivity index (χ2v) is 11.2. The van der Waals surface area contributed by atoms with Crippen LogP contribution in [-0.4, -0.2) is 50.1 Å². The Balaban J connectivity index is 1.44. The van der Waals surface area contributed by atoms with Crippen LogP contribution in [0.4, 0.5) is 0 Å². The average molecular weight is 497 g/mol. The average Bonchev–Trinajstić information content (AvgIpc) is 2.82. The van der Waals surface area contributed by atoms with Gasteiger partial charge < -0.3 is 10.1 Å². The fourth-order valence-electron chi connectivity index (χ4n) is 3.42. The summed E-state index contributed by atoms with van der Waals surface area (Å²) in [7, 11) is -3.44. The summed E-state index contributed by atoms with van der Waals surface area (Å²) >= 11 is 7.41. The molecule has 2 aromatic carbocycles. The Labute approximate surface area is 199 Å². The zero-order chi connectivity index (χ0) is 23.0. The molecule has 0 bridgehead atoms. The summed E-state index contributed by atoms with van der Waals surface area (Å²) in [5.41, 5.74) is 0. The number of hydrogen-bond donors (Lipinski definition) is 1. The quantitative estimate of drug-likeness (QED) is 0.385. The lowest BCUT2D eigenvalue weighted by Crippen LogP contribution is -2.35. The summed E-state index contributed by atoms with van der Waals surface area (Å²) in [6, 6.07) is 13.9. The number of rotatable bonds is 10. The third-order valence-corrected chi connectivity index (χ3v) is 8.74. The molecule has 1 amide bonds. The molecule has 1 fully saturated rings. The second-order valence-electron chi connectivity index (χ2n) is 7.54. The van der Waals surface area contributed by atoms with E-state index in [1.54, 1.807) is 28.6 Å². The lowest BCUT2D eigenvalue weighted by molar-refractivity contribution is -0.120. The minimum Gasteiger partial charge on any atom is -0.492 e. The van der Waals surface area contributed by atoms with Gasteiger partial charge in [-0.1, -0.05) is 24.9 Å². The van der Waals surface area contributed by atoms with Crippen LogP contribution in [0.5, 0.6) is 5.75 Å². The van der Waals surface area contributed by atoms with E-state index >= 15 is 0 Å². The molecule has 2 aromatic rings. The van der Waals surface area contributed by atoms with Crippen molar-refractivity contribution in [2.75, 3.05) is 26.2 Å². The van der Waals surface area contributed by atoms with Crippen molar-refractivity contribution in [3.8, 4) is 5.75 Å². The smallest absolute Gasteiger partial charge is 0.243 e. The number of carbonyl (C=O) groups excluding carboxylic acids is 1. The number of amides is 1. The van der Waals surface area contributed by atoms with E-state index in [1.807, 2.05) is 31.2 Å². The van der Waals surface area contributed by atoms with Crippen LogP contribution in [0.3, 0.4) is 0 Å². The van der Waals surface area contributed by atoms with Gasteiger partial charge in [0.05, 0.1) is 16.7 Å². The number of nitrogens with one attached hydrogen (secondary N) is 1. The first kappa shape index (κ1) is 24.9. The molecule has 6 nitrogen and oxygen atoms in total. The molecule has 9 heteroatoms. The monoisotopic (exact) mass is 496 g/mol. The van der Waals surface area contributed by atoms with Crippen LogP contribution in [0.15, 0.2) is 58.3 Å². The molecule has 0 spiro atoms. The van der Waals surface area contributed by atoms with E-state index in [-0.39, 0.29) is 16.1 Å². The van der Waals surface area contributed by atoms with Gasteiger partial charge >= 0.3 is 0 Å². The predicted octanol–water partition coefficient (Wildman–Crippen LogP) is 4.58. The molecular formula is C23H29ClN2O4S2. The van der Waals surface area contributed by atoms with E-state index < -0.39 is 10.0 Å². The fourth-order valence-corrected chi connectivity index (χ4v) is 6.04. The van der Waals surface area contributed by atoms with E-state index in [0.29, 0.717) is 43.4 Å². The highest BCUT2D eigenvalue weighted by atomic mass is 35.5. The molecule has 1 aliphatic rings. The first-order valence-corrected chi connectivity index (χ1v) is 13.5. The predicted molar refractivity (Wildman–Crippen MR) is 129 cm³/mol. The summed E-state index contributed by atoms with van der Waals surface area (Å²) in [4.78, 5) is 13.8. The van der Waals surface area contributed by atoms with Crippen LogP contribution in [0.25, 0.3) is 0 Å². The standard InChI is InChI=1S/C23H29ClN2O4S2/c1-2-22(31-20-10-6-18(24)7-11-20)23(27)25-14-17-30-19-8-12-21(13-9-19)32(28,29)26-15-4-3-5-16-26/h6-13,22H,2-5,14-17H2,1H3,(H,25,27). The van der Waals surface area contributed by atoms with Gasteiger partial charge in [0, 0.05) is 23.0 Å². The topological polar surface area (TPSA) is 75.7 Å². The van der Waals surface area contributed by atoms with Crippen molar-refractivity contribution in [3.63, 3.8) is 0 Å². The summed E-state index contributed by atoms with van der Waals surface area (Å²) in [5.74, 6) is 0.526. The molecule has 1 heterocycles. The van der Waals surface area contributed by atoms with Crippen LogP contribution >= 0.6 is 23.4 Å². The van der Waals surface area contributed by atoms with Crippen LogP contribution in [0, 0.1) is 0 Å². The van der Waals surface area contributed by atoms with Gasteiger partial charge in [-0.05, 0) is 67.8 Å². The summed E-state index contributed by atoms with van der Waals surface area (Å²) < 4.78 is 32.6. The van der Waals surface area contributed by atoms with Crippen molar-refractivity contribution in [1.82, 2.24) is 9.62 Å². The molecule has 1 atom stereocenters. The largest absolute Gasteiger partial charge is 0.492 e. The number of carbonyl (C=O) groups is 1. The zero-order valence-corrected chi connectivity index (χ0v) is 20.5. The molecule has 0 aromatic heterocycles. The number of hydrogen-bond acceptors (Lipinski definition) is 5. The van der Waals surface area contributed by atoms with Crippen molar-refractivity contribution in [3.05, 3.63) is 53.6 Å². The molecule has 32 heavy (non-hydrogen) atoms. The number of piperidine rings is 1. The normalized spacial score (nSPS) is 15.8. The van der Waals surface area contributed by atoms with Crippen LogP contribution < -0.4 is 10.1 Å². The molecule has 1 saturated heterocycles. The van der Waals surface area contributed by atoms with Crippen molar-refractivity contribution in [1.29, 1.82) is 0 Å². The molecule has 174 valence electrons.